The van der Waals surface area contributed by atoms with Crippen molar-refractivity contribution in [3.63, 3.8) is 0 Å². The van der Waals surface area contributed by atoms with Gasteiger partial charge in [0, 0.05) is 18.4 Å². The Bertz CT molecular complexity index is 665. The molecular formula is C18H21NO5. The Morgan fingerprint density at radius 1 is 1.04 bits per heavy atom. The van der Waals surface area contributed by atoms with Gasteiger partial charge < -0.3 is 25.0 Å². The summed E-state index contributed by atoms with van der Waals surface area (Å²) in [5.41, 5.74) is 2.20. The van der Waals surface area contributed by atoms with Crippen molar-refractivity contribution >= 4 is 11.6 Å². The van der Waals surface area contributed by atoms with E-state index in [9.17, 15) is 15.0 Å². The van der Waals surface area contributed by atoms with Gasteiger partial charge >= 0.3 is 0 Å². The smallest absolute Gasteiger partial charge is 0.255 e. The maximum Gasteiger partial charge on any atom is 0.255 e. The van der Waals surface area contributed by atoms with Gasteiger partial charge in [-0.1, -0.05) is 12.1 Å². The van der Waals surface area contributed by atoms with Gasteiger partial charge in [0.1, 0.15) is 12.4 Å². The van der Waals surface area contributed by atoms with Crippen molar-refractivity contribution in [2.75, 3.05) is 25.6 Å². The quantitative estimate of drug-likeness (QED) is 0.644. The molecule has 6 nitrogen and oxygen atoms in total. The minimum atomic E-state index is -0.300. The van der Waals surface area contributed by atoms with Crippen LogP contribution in [0.3, 0.4) is 0 Å². The number of benzene rings is 2. The lowest BCUT2D eigenvalue weighted by atomic mass is 10.1. The van der Waals surface area contributed by atoms with Crippen molar-refractivity contribution in [2.24, 2.45) is 0 Å². The summed E-state index contributed by atoms with van der Waals surface area (Å²) in [7, 11) is 1.59. The number of anilines is 1. The highest BCUT2D eigenvalue weighted by molar-refractivity contribution is 6.04. The van der Waals surface area contributed by atoms with E-state index in [0.29, 0.717) is 41.3 Å². The molecule has 0 fully saturated rings. The Morgan fingerprint density at radius 2 is 1.75 bits per heavy atom. The molecule has 2 rings (SSSR count). The van der Waals surface area contributed by atoms with E-state index in [1.165, 1.54) is 0 Å². The number of ether oxygens (including phenoxy) is 2. The highest BCUT2D eigenvalue weighted by atomic mass is 16.5. The third-order valence-electron chi connectivity index (χ3n) is 3.33. The number of aliphatic hydroxyl groups is 2. The topological polar surface area (TPSA) is 88.0 Å². The fourth-order valence-electron chi connectivity index (χ4n) is 2.19. The van der Waals surface area contributed by atoms with E-state index in [-0.39, 0.29) is 19.1 Å². The van der Waals surface area contributed by atoms with E-state index in [0.717, 1.165) is 0 Å². The van der Waals surface area contributed by atoms with E-state index in [2.05, 4.69) is 5.32 Å². The van der Waals surface area contributed by atoms with E-state index in [4.69, 9.17) is 9.47 Å². The molecule has 128 valence electrons. The zero-order chi connectivity index (χ0) is 17.4. The predicted octanol–water partition coefficient (Wildman–Crippen LogP) is 1.95. The standard InChI is InChI=1S/C18H21NO5/c1-23-5-6-24-17-4-2-3-15(10-17)18(22)19-16-8-13(11-20)7-14(9-16)12-21/h2-4,7-10,20-21H,5-6,11-12H2,1H3,(H,19,22). The molecule has 0 aliphatic heterocycles. The van der Waals surface area contributed by atoms with Crippen molar-refractivity contribution in [1.82, 2.24) is 0 Å². The van der Waals surface area contributed by atoms with Crippen LogP contribution in [0.25, 0.3) is 0 Å². The summed E-state index contributed by atoms with van der Waals surface area (Å²) in [6, 6.07) is 11.8. The lowest BCUT2D eigenvalue weighted by Gasteiger charge is -2.10. The first-order chi connectivity index (χ1) is 11.7. The second-order valence-corrected chi connectivity index (χ2v) is 5.18. The Balaban J connectivity index is 2.10. The SMILES string of the molecule is COCCOc1cccc(C(=O)Nc2cc(CO)cc(CO)c2)c1. The van der Waals surface area contributed by atoms with Crippen LogP contribution in [0, 0.1) is 0 Å². The van der Waals surface area contributed by atoms with Crippen LogP contribution in [0.2, 0.25) is 0 Å². The summed E-state index contributed by atoms with van der Waals surface area (Å²) < 4.78 is 10.4. The van der Waals surface area contributed by atoms with E-state index in [1.54, 1.807) is 49.6 Å². The van der Waals surface area contributed by atoms with E-state index < -0.39 is 0 Å². The van der Waals surface area contributed by atoms with Crippen LogP contribution in [0.5, 0.6) is 5.75 Å². The van der Waals surface area contributed by atoms with Crippen molar-refractivity contribution in [1.29, 1.82) is 0 Å². The van der Waals surface area contributed by atoms with Crippen LogP contribution < -0.4 is 10.1 Å². The number of methoxy groups -OCH3 is 1. The summed E-state index contributed by atoms with van der Waals surface area (Å²) in [6.45, 7) is 0.535. The molecule has 0 saturated carbocycles. The van der Waals surface area contributed by atoms with Crippen LogP contribution in [0.1, 0.15) is 21.5 Å². The molecule has 0 aromatic heterocycles. The minimum absolute atomic E-state index is 0.167. The van der Waals surface area contributed by atoms with Gasteiger partial charge in [0.2, 0.25) is 0 Å². The Labute approximate surface area is 140 Å². The summed E-state index contributed by atoms with van der Waals surface area (Å²) in [4.78, 5) is 12.4. The van der Waals surface area contributed by atoms with Crippen molar-refractivity contribution < 1.29 is 24.5 Å². The molecule has 1 amide bonds. The van der Waals surface area contributed by atoms with E-state index >= 15 is 0 Å². The number of carbonyl (C=O) groups excluding carboxylic acids is 1. The number of nitrogens with one attached hydrogen (secondary N) is 1. The molecule has 0 bridgehead atoms. The zero-order valence-corrected chi connectivity index (χ0v) is 13.5. The van der Waals surface area contributed by atoms with Gasteiger partial charge in [-0.3, -0.25) is 4.79 Å². The highest BCUT2D eigenvalue weighted by Crippen LogP contribution is 2.18. The van der Waals surface area contributed by atoms with Crippen LogP contribution in [-0.2, 0) is 18.0 Å². The first kappa shape index (κ1) is 17.9. The number of rotatable bonds is 8. The van der Waals surface area contributed by atoms with Gasteiger partial charge in [0.05, 0.1) is 19.8 Å². The van der Waals surface area contributed by atoms with Gasteiger partial charge in [-0.2, -0.15) is 0 Å². The van der Waals surface area contributed by atoms with Crippen LogP contribution in [0.4, 0.5) is 5.69 Å². The number of hydrogen-bond acceptors (Lipinski definition) is 5. The molecule has 0 radical (unpaired) electrons. The second-order valence-electron chi connectivity index (χ2n) is 5.18. The van der Waals surface area contributed by atoms with Gasteiger partial charge in [-0.05, 0) is 41.5 Å². The Hall–Kier alpha value is -2.41. The van der Waals surface area contributed by atoms with Crippen LogP contribution in [0.15, 0.2) is 42.5 Å². The summed E-state index contributed by atoms with van der Waals surface area (Å²) >= 11 is 0. The average Bonchev–Trinajstić information content (AvgIpc) is 2.61. The Kier molecular flexibility index (Phi) is 6.74. The van der Waals surface area contributed by atoms with Crippen molar-refractivity contribution in [3.05, 3.63) is 59.2 Å². The van der Waals surface area contributed by atoms with Crippen LogP contribution in [-0.4, -0.2) is 36.4 Å². The molecule has 0 aliphatic carbocycles. The molecule has 3 N–H and O–H groups in total. The molecule has 0 unspecified atom stereocenters. The maximum atomic E-state index is 12.4. The third-order valence-corrected chi connectivity index (χ3v) is 3.33. The molecule has 0 heterocycles. The lowest BCUT2D eigenvalue weighted by molar-refractivity contribution is 0.102. The van der Waals surface area contributed by atoms with Gasteiger partial charge in [-0.15, -0.1) is 0 Å². The molecule has 0 spiro atoms. The first-order valence-electron chi connectivity index (χ1n) is 7.54. The van der Waals surface area contributed by atoms with E-state index in [1.807, 2.05) is 0 Å². The molecule has 2 aromatic carbocycles. The largest absolute Gasteiger partial charge is 0.491 e. The van der Waals surface area contributed by atoms with Gasteiger partial charge in [0.25, 0.3) is 5.91 Å². The maximum absolute atomic E-state index is 12.4. The fraction of sp³-hybridized carbons (Fsp3) is 0.278. The molecule has 0 aliphatic rings. The van der Waals surface area contributed by atoms with Gasteiger partial charge in [-0.25, -0.2) is 0 Å². The molecular weight excluding hydrogens is 310 g/mol. The summed E-state index contributed by atoms with van der Waals surface area (Å²) in [5, 5.41) is 21.3. The average molecular weight is 331 g/mol. The third kappa shape index (κ3) is 5.06. The molecule has 24 heavy (non-hydrogen) atoms. The predicted molar refractivity (Wildman–Crippen MR) is 90.1 cm³/mol. The molecule has 6 heteroatoms. The van der Waals surface area contributed by atoms with Crippen LogP contribution >= 0.6 is 0 Å². The fourth-order valence-corrected chi connectivity index (χ4v) is 2.19. The molecule has 0 atom stereocenters. The number of hydrogen-bond donors (Lipinski definition) is 3. The minimum Gasteiger partial charge on any atom is -0.491 e. The monoisotopic (exact) mass is 331 g/mol. The lowest BCUT2D eigenvalue weighted by Crippen LogP contribution is -2.13. The molecule has 0 saturated heterocycles. The van der Waals surface area contributed by atoms with Crippen molar-refractivity contribution in [3.8, 4) is 5.75 Å². The number of carbonyl (C=O) groups is 1. The second kappa shape index (κ2) is 9.02. The summed E-state index contributed by atoms with van der Waals surface area (Å²) in [6.07, 6.45) is 0. The normalized spacial score (nSPS) is 10.5. The van der Waals surface area contributed by atoms with Gasteiger partial charge in [0.15, 0.2) is 0 Å². The zero-order valence-electron chi connectivity index (χ0n) is 13.5. The first-order valence-corrected chi connectivity index (χ1v) is 7.54. The number of amides is 1. The summed E-state index contributed by atoms with van der Waals surface area (Å²) in [5.74, 6) is 0.283. The molecule has 2 aromatic rings. The highest BCUT2D eigenvalue weighted by Gasteiger charge is 2.09. The van der Waals surface area contributed by atoms with Crippen molar-refractivity contribution in [2.45, 2.75) is 13.2 Å². The Morgan fingerprint density at radius 3 is 2.38 bits per heavy atom. The number of aliphatic hydroxyl groups excluding tert-OH is 2.